The molecule has 0 spiro atoms. The van der Waals surface area contributed by atoms with Crippen LogP contribution in [0.25, 0.3) is 0 Å². The molecule has 5 heteroatoms. The maximum absolute atomic E-state index is 12.9. The van der Waals surface area contributed by atoms with E-state index in [2.05, 4.69) is 17.4 Å². The SMILES string of the molecule is COc1ccc(OC)c(CN(C)C(=O)C2Cc3ccccc3CN2)c1. The van der Waals surface area contributed by atoms with Gasteiger partial charge >= 0.3 is 0 Å². The summed E-state index contributed by atoms with van der Waals surface area (Å²) in [5.74, 6) is 1.59. The Morgan fingerprint density at radius 2 is 1.92 bits per heavy atom. The second kappa shape index (κ2) is 7.57. The van der Waals surface area contributed by atoms with E-state index in [-0.39, 0.29) is 11.9 Å². The third-order valence-corrected chi connectivity index (χ3v) is 4.65. The first-order valence-corrected chi connectivity index (χ1v) is 8.38. The maximum Gasteiger partial charge on any atom is 0.240 e. The van der Waals surface area contributed by atoms with Gasteiger partial charge in [-0.1, -0.05) is 24.3 Å². The number of carbonyl (C=O) groups excluding carboxylic acids is 1. The molecule has 2 aromatic rings. The van der Waals surface area contributed by atoms with Crippen LogP contribution in [0.15, 0.2) is 42.5 Å². The van der Waals surface area contributed by atoms with E-state index in [1.165, 1.54) is 11.1 Å². The molecule has 0 radical (unpaired) electrons. The zero-order valence-electron chi connectivity index (χ0n) is 14.9. The van der Waals surface area contributed by atoms with Gasteiger partial charge in [-0.05, 0) is 35.7 Å². The Morgan fingerprint density at radius 1 is 1.16 bits per heavy atom. The summed E-state index contributed by atoms with van der Waals surface area (Å²) in [6.07, 6.45) is 0.717. The summed E-state index contributed by atoms with van der Waals surface area (Å²) in [5.41, 5.74) is 3.43. The van der Waals surface area contributed by atoms with Crippen molar-refractivity contribution in [3.63, 3.8) is 0 Å². The average molecular weight is 340 g/mol. The first kappa shape index (κ1) is 17.3. The molecule has 0 aliphatic carbocycles. The molecule has 0 bridgehead atoms. The van der Waals surface area contributed by atoms with Crippen LogP contribution < -0.4 is 14.8 Å². The van der Waals surface area contributed by atoms with Crippen molar-refractivity contribution in [1.82, 2.24) is 10.2 Å². The van der Waals surface area contributed by atoms with Gasteiger partial charge in [-0.25, -0.2) is 0 Å². The van der Waals surface area contributed by atoms with Crippen molar-refractivity contribution in [3.8, 4) is 11.5 Å². The predicted octanol–water partition coefficient (Wildman–Crippen LogP) is 2.38. The molecule has 1 amide bonds. The number of rotatable bonds is 5. The molecule has 2 aromatic carbocycles. The van der Waals surface area contributed by atoms with Crippen LogP contribution in [0.5, 0.6) is 11.5 Å². The van der Waals surface area contributed by atoms with Crippen LogP contribution in [-0.4, -0.2) is 38.1 Å². The van der Waals surface area contributed by atoms with Gasteiger partial charge in [0.25, 0.3) is 0 Å². The standard InChI is InChI=1S/C20H24N2O3/c1-22(13-16-10-17(24-2)8-9-19(16)25-3)20(23)18-11-14-6-4-5-7-15(14)12-21-18/h4-10,18,21H,11-13H2,1-3H3. The second-order valence-electron chi connectivity index (χ2n) is 6.28. The lowest BCUT2D eigenvalue weighted by molar-refractivity contribution is -0.132. The number of nitrogens with one attached hydrogen (secondary N) is 1. The average Bonchev–Trinajstić information content (AvgIpc) is 2.66. The van der Waals surface area contributed by atoms with Crippen molar-refractivity contribution in [2.75, 3.05) is 21.3 Å². The fourth-order valence-electron chi connectivity index (χ4n) is 3.23. The number of methoxy groups -OCH3 is 2. The van der Waals surface area contributed by atoms with Gasteiger partial charge in [0.1, 0.15) is 11.5 Å². The van der Waals surface area contributed by atoms with Gasteiger partial charge in [0.15, 0.2) is 0 Å². The summed E-state index contributed by atoms with van der Waals surface area (Å²) < 4.78 is 10.7. The molecule has 1 aliphatic heterocycles. The Kier molecular flexibility index (Phi) is 5.24. The maximum atomic E-state index is 12.9. The van der Waals surface area contributed by atoms with Crippen LogP contribution in [0.4, 0.5) is 0 Å². The van der Waals surface area contributed by atoms with Crippen LogP contribution in [0, 0.1) is 0 Å². The van der Waals surface area contributed by atoms with Gasteiger partial charge in [-0.15, -0.1) is 0 Å². The number of amides is 1. The number of fused-ring (bicyclic) bond motifs is 1. The van der Waals surface area contributed by atoms with Gasteiger partial charge in [0, 0.05) is 25.7 Å². The molecule has 5 nitrogen and oxygen atoms in total. The van der Waals surface area contributed by atoms with E-state index >= 15 is 0 Å². The van der Waals surface area contributed by atoms with Crippen molar-refractivity contribution in [2.24, 2.45) is 0 Å². The highest BCUT2D eigenvalue weighted by Gasteiger charge is 2.26. The van der Waals surface area contributed by atoms with E-state index in [1.54, 1.807) is 19.1 Å². The van der Waals surface area contributed by atoms with Crippen molar-refractivity contribution in [2.45, 2.75) is 25.6 Å². The van der Waals surface area contributed by atoms with Crippen molar-refractivity contribution in [1.29, 1.82) is 0 Å². The molecule has 132 valence electrons. The monoisotopic (exact) mass is 340 g/mol. The zero-order chi connectivity index (χ0) is 17.8. The van der Waals surface area contributed by atoms with Gasteiger partial charge in [0.05, 0.1) is 20.3 Å². The van der Waals surface area contributed by atoms with E-state index in [4.69, 9.17) is 9.47 Å². The lowest BCUT2D eigenvalue weighted by Crippen LogP contribution is -2.48. The van der Waals surface area contributed by atoms with E-state index < -0.39 is 0 Å². The molecule has 3 rings (SSSR count). The highest BCUT2D eigenvalue weighted by Crippen LogP contribution is 2.25. The lowest BCUT2D eigenvalue weighted by atomic mass is 9.95. The first-order valence-electron chi connectivity index (χ1n) is 8.38. The minimum atomic E-state index is -0.198. The Balaban J connectivity index is 1.71. The molecule has 1 heterocycles. The Bertz CT molecular complexity index is 760. The Hall–Kier alpha value is -2.53. The molecule has 1 atom stereocenters. The highest BCUT2D eigenvalue weighted by atomic mass is 16.5. The predicted molar refractivity (Wildman–Crippen MR) is 96.8 cm³/mol. The molecule has 0 saturated heterocycles. The number of benzene rings is 2. The second-order valence-corrected chi connectivity index (χ2v) is 6.28. The normalized spacial score (nSPS) is 16.0. The van der Waals surface area contributed by atoms with Crippen molar-refractivity contribution >= 4 is 5.91 Å². The molecule has 25 heavy (non-hydrogen) atoms. The molecule has 0 saturated carbocycles. The third kappa shape index (κ3) is 3.77. The quantitative estimate of drug-likeness (QED) is 0.908. The molecular weight excluding hydrogens is 316 g/mol. The van der Waals surface area contributed by atoms with E-state index in [0.717, 1.165) is 23.6 Å². The lowest BCUT2D eigenvalue weighted by Gasteiger charge is -2.29. The summed E-state index contributed by atoms with van der Waals surface area (Å²) in [6.45, 7) is 1.20. The number of carbonyl (C=O) groups is 1. The van der Waals surface area contributed by atoms with Crippen LogP contribution >= 0.6 is 0 Å². The highest BCUT2D eigenvalue weighted by molar-refractivity contribution is 5.82. The zero-order valence-corrected chi connectivity index (χ0v) is 14.9. The first-order chi connectivity index (χ1) is 12.1. The summed E-state index contributed by atoms with van der Waals surface area (Å²) in [7, 11) is 5.08. The minimum Gasteiger partial charge on any atom is -0.497 e. The molecule has 1 N–H and O–H groups in total. The smallest absolute Gasteiger partial charge is 0.240 e. The Morgan fingerprint density at radius 3 is 2.64 bits per heavy atom. The number of hydrogen-bond acceptors (Lipinski definition) is 4. The van der Waals surface area contributed by atoms with E-state index in [1.807, 2.05) is 37.4 Å². The topological polar surface area (TPSA) is 50.8 Å². The van der Waals surface area contributed by atoms with E-state index in [9.17, 15) is 4.79 Å². The molecule has 0 fully saturated rings. The third-order valence-electron chi connectivity index (χ3n) is 4.65. The van der Waals surface area contributed by atoms with Gasteiger partial charge in [-0.3, -0.25) is 4.79 Å². The summed E-state index contributed by atoms with van der Waals surface area (Å²) in [6, 6.07) is 13.7. The number of hydrogen-bond donors (Lipinski definition) is 1. The van der Waals surface area contributed by atoms with Crippen molar-refractivity contribution in [3.05, 3.63) is 59.2 Å². The molecule has 1 unspecified atom stereocenters. The fraction of sp³-hybridized carbons (Fsp3) is 0.350. The van der Waals surface area contributed by atoms with E-state index in [0.29, 0.717) is 13.0 Å². The van der Waals surface area contributed by atoms with Crippen LogP contribution in [0.2, 0.25) is 0 Å². The molecule has 1 aliphatic rings. The number of ether oxygens (including phenoxy) is 2. The van der Waals surface area contributed by atoms with Crippen LogP contribution in [0.3, 0.4) is 0 Å². The fourth-order valence-corrected chi connectivity index (χ4v) is 3.23. The van der Waals surface area contributed by atoms with Crippen LogP contribution in [0.1, 0.15) is 16.7 Å². The minimum absolute atomic E-state index is 0.0828. The summed E-state index contributed by atoms with van der Waals surface area (Å²) >= 11 is 0. The number of nitrogens with zero attached hydrogens (tertiary/aromatic N) is 1. The Labute approximate surface area is 148 Å². The molecule has 0 aromatic heterocycles. The number of likely N-dealkylation sites (N-methyl/N-ethyl adjacent to an activating group) is 1. The molecular formula is C20H24N2O3. The van der Waals surface area contributed by atoms with Crippen molar-refractivity contribution < 1.29 is 14.3 Å². The largest absolute Gasteiger partial charge is 0.497 e. The summed E-state index contributed by atoms with van der Waals surface area (Å²) in [4.78, 5) is 14.6. The van der Waals surface area contributed by atoms with Gasteiger partial charge in [-0.2, -0.15) is 0 Å². The van der Waals surface area contributed by atoms with Gasteiger partial charge in [0.2, 0.25) is 5.91 Å². The van der Waals surface area contributed by atoms with Crippen LogP contribution in [-0.2, 0) is 24.3 Å². The van der Waals surface area contributed by atoms with Gasteiger partial charge < -0.3 is 19.7 Å². The summed E-state index contributed by atoms with van der Waals surface area (Å²) in [5, 5.41) is 3.35.